The maximum atomic E-state index is 4.61. The van der Waals surface area contributed by atoms with E-state index in [2.05, 4.69) is 71.8 Å². The van der Waals surface area contributed by atoms with Gasteiger partial charge in [0.05, 0.1) is 11.8 Å². The lowest BCUT2D eigenvalue weighted by molar-refractivity contribution is 0.966. The van der Waals surface area contributed by atoms with Crippen LogP contribution >= 0.6 is 11.8 Å². The van der Waals surface area contributed by atoms with Crippen molar-refractivity contribution >= 4 is 22.6 Å². The lowest BCUT2D eigenvalue weighted by Gasteiger charge is -2.10. The lowest BCUT2D eigenvalue weighted by Crippen LogP contribution is -2.05. The minimum atomic E-state index is 0.438. The fourth-order valence-corrected chi connectivity index (χ4v) is 3.32. The van der Waals surface area contributed by atoms with Gasteiger partial charge in [0.15, 0.2) is 5.17 Å². The van der Waals surface area contributed by atoms with Crippen molar-refractivity contribution in [3.63, 3.8) is 0 Å². The summed E-state index contributed by atoms with van der Waals surface area (Å²) in [7, 11) is 0. The number of hydrogen-bond donors (Lipinski definition) is 1. The Bertz CT molecular complexity index is 607. The molecule has 0 radical (unpaired) electrons. The Labute approximate surface area is 124 Å². The highest BCUT2D eigenvalue weighted by molar-refractivity contribution is 8.14. The fraction of sp³-hybridized carbons (Fsp3) is 0.235. The first kappa shape index (κ1) is 13.3. The Morgan fingerprint density at radius 3 is 2.80 bits per heavy atom. The molecule has 0 bridgehead atoms. The van der Waals surface area contributed by atoms with E-state index < -0.39 is 0 Å². The number of aryl methyl sites for hydroxylation is 1. The summed E-state index contributed by atoms with van der Waals surface area (Å²) in [4.78, 5) is 4.61. The number of thioether (sulfide) groups is 1. The summed E-state index contributed by atoms with van der Waals surface area (Å²) in [5.41, 5.74) is 3.82. The summed E-state index contributed by atoms with van der Waals surface area (Å²) in [6.45, 7) is 3.02. The van der Waals surface area contributed by atoms with E-state index in [9.17, 15) is 0 Å². The minimum absolute atomic E-state index is 0.438. The maximum absolute atomic E-state index is 4.61. The number of nitrogens with one attached hydrogen (secondary N) is 1. The van der Waals surface area contributed by atoms with E-state index in [4.69, 9.17) is 0 Å². The van der Waals surface area contributed by atoms with Crippen LogP contribution < -0.4 is 5.32 Å². The van der Waals surface area contributed by atoms with Gasteiger partial charge in [0.25, 0.3) is 0 Å². The van der Waals surface area contributed by atoms with Crippen molar-refractivity contribution in [2.75, 3.05) is 11.9 Å². The van der Waals surface area contributed by atoms with Gasteiger partial charge in [0, 0.05) is 5.69 Å². The second-order valence-electron chi connectivity index (χ2n) is 4.84. The van der Waals surface area contributed by atoms with E-state index in [-0.39, 0.29) is 0 Å². The number of anilines is 1. The molecule has 0 saturated carbocycles. The van der Waals surface area contributed by atoms with Crippen molar-refractivity contribution < 1.29 is 0 Å². The molecular formula is C17H18N2S. The van der Waals surface area contributed by atoms with E-state index in [1.807, 2.05) is 11.8 Å². The van der Waals surface area contributed by atoms with Crippen molar-refractivity contribution in [1.29, 1.82) is 0 Å². The van der Waals surface area contributed by atoms with E-state index >= 15 is 0 Å². The number of rotatable bonds is 3. The zero-order valence-corrected chi connectivity index (χ0v) is 12.4. The molecule has 2 aromatic carbocycles. The highest BCUT2D eigenvalue weighted by Crippen LogP contribution is 2.35. The number of aliphatic imine (C=N–C) groups is 1. The number of amidine groups is 1. The molecule has 0 amide bonds. The van der Waals surface area contributed by atoms with E-state index in [0.717, 1.165) is 23.8 Å². The zero-order chi connectivity index (χ0) is 13.8. The van der Waals surface area contributed by atoms with E-state index in [0.29, 0.717) is 5.25 Å². The Morgan fingerprint density at radius 2 is 2.00 bits per heavy atom. The lowest BCUT2D eigenvalue weighted by atomic mass is 10.1. The third kappa shape index (κ3) is 3.05. The van der Waals surface area contributed by atoms with Crippen LogP contribution in [0.1, 0.15) is 23.3 Å². The van der Waals surface area contributed by atoms with Crippen LogP contribution in [0.15, 0.2) is 59.6 Å². The smallest absolute Gasteiger partial charge is 0.161 e. The molecule has 20 heavy (non-hydrogen) atoms. The molecule has 0 fully saturated rings. The molecule has 0 spiro atoms. The first-order valence-corrected chi connectivity index (χ1v) is 7.85. The van der Waals surface area contributed by atoms with Crippen molar-refractivity contribution in [3.05, 3.63) is 65.7 Å². The first-order valence-electron chi connectivity index (χ1n) is 6.97. The molecule has 1 aliphatic rings. The average Bonchev–Trinajstić information content (AvgIpc) is 2.97. The summed E-state index contributed by atoms with van der Waals surface area (Å²) in [6, 6.07) is 19.1. The number of benzene rings is 2. The molecule has 1 N–H and O–H groups in total. The van der Waals surface area contributed by atoms with Crippen molar-refractivity contribution in [1.82, 2.24) is 0 Å². The number of hydrogen-bond acceptors (Lipinski definition) is 3. The van der Waals surface area contributed by atoms with Crippen molar-refractivity contribution in [2.45, 2.75) is 18.6 Å². The average molecular weight is 282 g/mol. The van der Waals surface area contributed by atoms with Gasteiger partial charge in [-0.25, -0.2) is 0 Å². The predicted molar refractivity (Wildman–Crippen MR) is 88.5 cm³/mol. The second-order valence-corrected chi connectivity index (χ2v) is 6.03. The van der Waals surface area contributed by atoms with Crippen LogP contribution in [0, 0.1) is 0 Å². The maximum Gasteiger partial charge on any atom is 0.161 e. The zero-order valence-electron chi connectivity index (χ0n) is 11.5. The Kier molecular flexibility index (Phi) is 4.07. The molecule has 3 heteroatoms. The van der Waals surface area contributed by atoms with Gasteiger partial charge in [0.1, 0.15) is 0 Å². The third-order valence-corrected chi connectivity index (χ3v) is 4.57. The second kappa shape index (κ2) is 6.14. The van der Waals surface area contributed by atoms with Crippen LogP contribution in [-0.4, -0.2) is 11.7 Å². The summed E-state index contributed by atoms with van der Waals surface area (Å²) >= 11 is 1.81. The van der Waals surface area contributed by atoms with Gasteiger partial charge in [-0.1, -0.05) is 61.2 Å². The summed E-state index contributed by atoms with van der Waals surface area (Å²) in [5, 5.41) is 4.89. The van der Waals surface area contributed by atoms with Gasteiger partial charge in [-0.15, -0.1) is 0 Å². The van der Waals surface area contributed by atoms with E-state index in [1.165, 1.54) is 11.1 Å². The quantitative estimate of drug-likeness (QED) is 0.896. The third-order valence-electron chi connectivity index (χ3n) is 3.41. The summed E-state index contributed by atoms with van der Waals surface area (Å²) < 4.78 is 0. The van der Waals surface area contributed by atoms with Gasteiger partial charge in [-0.05, 0) is 29.7 Å². The van der Waals surface area contributed by atoms with Gasteiger partial charge < -0.3 is 5.32 Å². The molecule has 0 aromatic heterocycles. The first-order chi connectivity index (χ1) is 9.85. The molecule has 1 heterocycles. The topological polar surface area (TPSA) is 24.4 Å². The van der Waals surface area contributed by atoms with Crippen LogP contribution in [0.2, 0.25) is 0 Å². The van der Waals surface area contributed by atoms with Crippen molar-refractivity contribution in [3.8, 4) is 0 Å². The van der Waals surface area contributed by atoms with E-state index in [1.54, 1.807) is 0 Å². The van der Waals surface area contributed by atoms with Crippen LogP contribution in [-0.2, 0) is 6.42 Å². The molecule has 0 aliphatic carbocycles. The normalized spacial score (nSPS) is 17.9. The largest absolute Gasteiger partial charge is 0.335 e. The molecular weight excluding hydrogens is 264 g/mol. The van der Waals surface area contributed by atoms with Gasteiger partial charge >= 0.3 is 0 Å². The molecule has 1 unspecified atom stereocenters. The Hall–Kier alpha value is -1.74. The highest BCUT2D eigenvalue weighted by atomic mass is 32.2. The number of nitrogens with zero attached hydrogens (tertiary/aromatic N) is 1. The SMILES string of the molecule is CCc1cccc(NC2=NCC(c3ccccc3)S2)c1. The Morgan fingerprint density at radius 1 is 1.15 bits per heavy atom. The van der Waals surface area contributed by atoms with Crippen LogP contribution in [0.25, 0.3) is 0 Å². The minimum Gasteiger partial charge on any atom is -0.335 e. The molecule has 0 saturated heterocycles. The van der Waals surface area contributed by atoms with Gasteiger partial charge in [0.2, 0.25) is 0 Å². The van der Waals surface area contributed by atoms with Crippen LogP contribution in [0.3, 0.4) is 0 Å². The van der Waals surface area contributed by atoms with Gasteiger partial charge in [-0.2, -0.15) is 0 Å². The summed E-state index contributed by atoms with van der Waals surface area (Å²) in [5.74, 6) is 0. The standard InChI is InChI=1S/C17H18N2S/c1-2-13-7-6-10-15(11-13)19-17-18-12-16(20-17)14-8-4-3-5-9-14/h3-11,16H,2,12H2,1H3,(H,18,19). The molecule has 2 aromatic rings. The highest BCUT2D eigenvalue weighted by Gasteiger charge is 2.21. The van der Waals surface area contributed by atoms with Crippen LogP contribution in [0.5, 0.6) is 0 Å². The summed E-state index contributed by atoms with van der Waals surface area (Å²) in [6.07, 6.45) is 1.06. The predicted octanol–water partition coefficient (Wildman–Crippen LogP) is 4.51. The van der Waals surface area contributed by atoms with Gasteiger partial charge in [-0.3, -0.25) is 4.99 Å². The molecule has 1 atom stereocenters. The van der Waals surface area contributed by atoms with Crippen molar-refractivity contribution in [2.24, 2.45) is 4.99 Å². The molecule has 102 valence electrons. The monoisotopic (exact) mass is 282 g/mol. The molecule has 3 rings (SSSR count). The fourth-order valence-electron chi connectivity index (χ4n) is 2.28. The molecule has 1 aliphatic heterocycles. The van der Waals surface area contributed by atoms with Crippen LogP contribution in [0.4, 0.5) is 5.69 Å². The Balaban J connectivity index is 1.65. The molecule has 2 nitrogen and oxygen atoms in total.